The standard InChI is InChI=1S/C20H26N4O6/c1-12(2)22-16(25)10-21-17(26)11-24-18(27)20(3,23-19(24)28)13-5-6-14-15(9-13)30-8-4-7-29-14/h5-6,9,12H,4,7-8,10-11H2,1-3H3,(H,21,26)(H,22,25)(H,23,28)/t20-/m1/s1. The van der Waals surface area contributed by atoms with Gasteiger partial charge in [0.15, 0.2) is 11.5 Å². The summed E-state index contributed by atoms with van der Waals surface area (Å²) >= 11 is 0. The number of rotatable bonds is 6. The van der Waals surface area contributed by atoms with Crippen LogP contribution in [0.5, 0.6) is 11.5 Å². The van der Waals surface area contributed by atoms with Crippen molar-refractivity contribution < 1.29 is 28.7 Å². The number of fused-ring (bicyclic) bond motifs is 1. The molecule has 1 fully saturated rings. The van der Waals surface area contributed by atoms with Gasteiger partial charge in [0.05, 0.1) is 19.8 Å². The van der Waals surface area contributed by atoms with E-state index in [1.54, 1.807) is 39.0 Å². The van der Waals surface area contributed by atoms with Gasteiger partial charge in [0.25, 0.3) is 5.91 Å². The lowest BCUT2D eigenvalue weighted by Gasteiger charge is -2.23. The number of hydrogen-bond donors (Lipinski definition) is 3. The number of nitrogens with zero attached hydrogens (tertiary/aromatic N) is 1. The highest BCUT2D eigenvalue weighted by Crippen LogP contribution is 2.36. The van der Waals surface area contributed by atoms with Crippen LogP contribution in [0.25, 0.3) is 0 Å². The Morgan fingerprint density at radius 3 is 2.57 bits per heavy atom. The summed E-state index contributed by atoms with van der Waals surface area (Å²) < 4.78 is 11.3. The van der Waals surface area contributed by atoms with Crippen LogP contribution >= 0.6 is 0 Å². The van der Waals surface area contributed by atoms with Crippen LogP contribution in [0, 0.1) is 0 Å². The molecule has 3 N–H and O–H groups in total. The Hall–Kier alpha value is -3.30. The van der Waals surface area contributed by atoms with Crippen molar-refractivity contribution in [1.29, 1.82) is 0 Å². The Morgan fingerprint density at radius 1 is 1.17 bits per heavy atom. The lowest BCUT2D eigenvalue weighted by molar-refractivity contribution is -0.135. The minimum absolute atomic E-state index is 0.0589. The van der Waals surface area contributed by atoms with Gasteiger partial charge in [-0.15, -0.1) is 0 Å². The zero-order valence-corrected chi connectivity index (χ0v) is 17.2. The maximum absolute atomic E-state index is 13.0. The largest absolute Gasteiger partial charge is 0.490 e. The van der Waals surface area contributed by atoms with Gasteiger partial charge < -0.3 is 25.4 Å². The third kappa shape index (κ3) is 4.47. The van der Waals surface area contributed by atoms with Gasteiger partial charge in [0.2, 0.25) is 11.8 Å². The van der Waals surface area contributed by atoms with Crippen LogP contribution in [0.4, 0.5) is 4.79 Å². The Morgan fingerprint density at radius 2 is 1.87 bits per heavy atom. The first-order valence-corrected chi connectivity index (χ1v) is 9.81. The number of hydrogen-bond acceptors (Lipinski definition) is 6. The molecule has 0 bridgehead atoms. The Balaban J connectivity index is 1.68. The molecule has 5 amide bonds. The molecule has 1 aromatic rings. The van der Waals surface area contributed by atoms with Crippen LogP contribution in [-0.4, -0.2) is 61.0 Å². The second-order valence-electron chi connectivity index (χ2n) is 7.66. The molecule has 0 spiro atoms. The number of nitrogens with one attached hydrogen (secondary N) is 3. The topological polar surface area (TPSA) is 126 Å². The summed E-state index contributed by atoms with van der Waals surface area (Å²) in [6.07, 6.45) is 0.745. The molecule has 2 aliphatic rings. The summed E-state index contributed by atoms with van der Waals surface area (Å²) in [5.74, 6) is -0.454. The summed E-state index contributed by atoms with van der Waals surface area (Å²) in [5, 5.41) is 7.69. The molecule has 2 aliphatic heterocycles. The van der Waals surface area contributed by atoms with Gasteiger partial charge in [0.1, 0.15) is 12.1 Å². The van der Waals surface area contributed by atoms with Crippen molar-refractivity contribution in [1.82, 2.24) is 20.9 Å². The summed E-state index contributed by atoms with van der Waals surface area (Å²) in [6.45, 7) is 5.47. The zero-order chi connectivity index (χ0) is 21.9. The predicted molar refractivity (Wildman–Crippen MR) is 106 cm³/mol. The fourth-order valence-corrected chi connectivity index (χ4v) is 3.26. The van der Waals surface area contributed by atoms with Crippen molar-refractivity contribution in [2.45, 2.75) is 38.8 Å². The SMILES string of the molecule is CC(C)NC(=O)CNC(=O)CN1C(=O)N[C@](C)(c2ccc3c(c2)OCCCO3)C1=O. The number of amides is 5. The molecule has 1 aromatic carbocycles. The number of carbonyl (C=O) groups excluding carboxylic acids is 4. The van der Waals surface area contributed by atoms with E-state index in [1.165, 1.54) is 0 Å². The van der Waals surface area contributed by atoms with Gasteiger partial charge in [-0.1, -0.05) is 6.07 Å². The molecule has 0 aromatic heterocycles. The van der Waals surface area contributed by atoms with Gasteiger partial charge in [-0.2, -0.15) is 0 Å². The van der Waals surface area contributed by atoms with Crippen LogP contribution in [-0.2, 0) is 19.9 Å². The Bertz CT molecular complexity index is 871. The third-order valence-corrected chi connectivity index (χ3v) is 4.80. The van der Waals surface area contributed by atoms with E-state index in [-0.39, 0.29) is 18.5 Å². The quantitative estimate of drug-likeness (QED) is 0.569. The molecule has 30 heavy (non-hydrogen) atoms. The fraction of sp³-hybridized carbons (Fsp3) is 0.500. The highest BCUT2D eigenvalue weighted by atomic mass is 16.5. The second-order valence-corrected chi connectivity index (χ2v) is 7.66. The summed E-state index contributed by atoms with van der Waals surface area (Å²) in [6, 6.07) is 4.31. The van der Waals surface area contributed by atoms with Gasteiger partial charge in [-0.05, 0) is 38.5 Å². The second kappa shape index (κ2) is 8.60. The predicted octanol–water partition coefficient (Wildman–Crippen LogP) is 0.256. The molecular formula is C20H26N4O6. The maximum atomic E-state index is 13.0. The number of urea groups is 1. The van der Waals surface area contributed by atoms with Crippen molar-refractivity contribution in [3.05, 3.63) is 23.8 Å². The number of carbonyl (C=O) groups is 4. The molecule has 3 rings (SSSR count). The van der Waals surface area contributed by atoms with Crippen LogP contribution < -0.4 is 25.4 Å². The molecule has 0 unspecified atom stereocenters. The Kier molecular flexibility index (Phi) is 6.14. The minimum atomic E-state index is -1.35. The maximum Gasteiger partial charge on any atom is 0.325 e. The van der Waals surface area contributed by atoms with E-state index < -0.39 is 29.9 Å². The van der Waals surface area contributed by atoms with Crippen molar-refractivity contribution in [3.8, 4) is 11.5 Å². The van der Waals surface area contributed by atoms with Crippen LogP contribution in [0.1, 0.15) is 32.8 Å². The van der Waals surface area contributed by atoms with Crippen LogP contribution in [0.15, 0.2) is 18.2 Å². The highest BCUT2D eigenvalue weighted by Gasteiger charge is 2.49. The molecule has 2 heterocycles. The average Bonchev–Trinajstić information content (AvgIpc) is 2.85. The first-order chi connectivity index (χ1) is 14.2. The van der Waals surface area contributed by atoms with Gasteiger partial charge in [-0.3, -0.25) is 19.3 Å². The van der Waals surface area contributed by atoms with E-state index >= 15 is 0 Å². The first kappa shape index (κ1) is 21.4. The van der Waals surface area contributed by atoms with E-state index in [1.807, 2.05) is 0 Å². The van der Waals surface area contributed by atoms with Crippen molar-refractivity contribution >= 4 is 23.8 Å². The van der Waals surface area contributed by atoms with E-state index in [9.17, 15) is 19.2 Å². The smallest absolute Gasteiger partial charge is 0.325 e. The summed E-state index contributed by atoms with van der Waals surface area (Å²) in [5.41, 5.74) is -0.832. The average molecular weight is 418 g/mol. The van der Waals surface area contributed by atoms with Gasteiger partial charge in [-0.25, -0.2) is 4.79 Å². The summed E-state index contributed by atoms with van der Waals surface area (Å²) in [4.78, 5) is 50.1. The molecule has 10 nitrogen and oxygen atoms in total. The lowest BCUT2D eigenvalue weighted by atomic mass is 9.91. The zero-order valence-electron chi connectivity index (χ0n) is 17.2. The molecule has 1 saturated heterocycles. The van der Waals surface area contributed by atoms with Crippen molar-refractivity contribution in [3.63, 3.8) is 0 Å². The molecule has 1 atom stereocenters. The van der Waals surface area contributed by atoms with E-state index in [0.717, 1.165) is 11.3 Å². The monoisotopic (exact) mass is 418 g/mol. The summed E-state index contributed by atoms with van der Waals surface area (Å²) in [7, 11) is 0. The number of ether oxygens (including phenoxy) is 2. The normalized spacial score (nSPS) is 20.6. The highest BCUT2D eigenvalue weighted by molar-refractivity contribution is 6.09. The fourth-order valence-electron chi connectivity index (χ4n) is 3.26. The molecule has 0 saturated carbocycles. The van der Waals surface area contributed by atoms with Gasteiger partial charge in [0, 0.05) is 12.5 Å². The van der Waals surface area contributed by atoms with Crippen LogP contribution in [0.3, 0.4) is 0 Å². The molecule has 0 radical (unpaired) electrons. The molecule has 162 valence electrons. The van der Waals surface area contributed by atoms with Crippen molar-refractivity contribution in [2.24, 2.45) is 0 Å². The first-order valence-electron chi connectivity index (χ1n) is 9.81. The number of imide groups is 1. The van der Waals surface area contributed by atoms with E-state index in [4.69, 9.17) is 9.47 Å². The van der Waals surface area contributed by atoms with Crippen molar-refractivity contribution in [2.75, 3.05) is 26.3 Å². The lowest BCUT2D eigenvalue weighted by Crippen LogP contribution is -2.45. The third-order valence-electron chi connectivity index (χ3n) is 4.80. The van der Waals surface area contributed by atoms with Crippen LogP contribution in [0.2, 0.25) is 0 Å². The van der Waals surface area contributed by atoms with E-state index in [2.05, 4.69) is 16.0 Å². The minimum Gasteiger partial charge on any atom is -0.490 e. The molecule has 0 aliphatic carbocycles. The molecule has 10 heteroatoms. The van der Waals surface area contributed by atoms with Gasteiger partial charge >= 0.3 is 6.03 Å². The Labute approximate surface area is 174 Å². The number of benzene rings is 1. The van der Waals surface area contributed by atoms with E-state index in [0.29, 0.717) is 30.3 Å². The molecular weight excluding hydrogens is 392 g/mol.